The minimum atomic E-state index is -0.322. The second kappa shape index (κ2) is 6.72. The molecule has 1 aliphatic heterocycles. The zero-order valence-corrected chi connectivity index (χ0v) is 12.7. The minimum Gasteiger partial charge on any atom is -0.355 e. The zero-order valence-electron chi connectivity index (χ0n) is 12.7. The molecule has 1 saturated heterocycles. The van der Waals surface area contributed by atoms with Gasteiger partial charge in [0.15, 0.2) is 0 Å². The summed E-state index contributed by atoms with van der Waals surface area (Å²) < 4.78 is 0. The van der Waals surface area contributed by atoms with Crippen LogP contribution in [0.4, 0.5) is 5.69 Å². The van der Waals surface area contributed by atoms with E-state index in [1.807, 2.05) is 0 Å². The molecule has 1 aromatic carbocycles. The number of hydrogen-bond donors (Lipinski definition) is 3. The lowest BCUT2D eigenvalue weighted by molar-refractivity contribution is -0.126. The van der Waals surface area contributed by atoms with Crippen molar-refractivity contribution in [2.24, 2.45) is 5.41 Å². The summed E-state index contributed by atoms with van der Waals surface area (Å²) in [7, 11) is 1.60. The third-order valence-electron chi connectivity index (χ3n) is 4.26. The molecule has 3 N–H and O–H groups in total. The van der Waals surface area contributed by atoms with Crippen molar-refractivity contribution >= 4 is 17.5 Å². The van der Waals surface area contributed by atoms with Gasteiger partial charge in [-0.05, 0) is 50.1 Å². The van der Waals surface area contributed by atoms with E-state index in [0.29, 0.717) is 5.56 Å². The molecule has 1 unspecified atom stereocenters. The molecule has 1 fully saturated rings. The summed E-state index contributed by atoms with van der Waals surface area (Å²) >= 11 is 0. The molecular weight excluding hydrogens is 266 g/mol. The fourth-order valence-electron chi connectivity index (χ4n) is 2.74. The van der Waals surface area contributed by atoms with E-state index in [0.717, 1.165) is 38.0 Å². The first-order valence-electron chi connectivity index (χ1n) is 7.45. The highest BCUT2D eigenvalue weighted by atomic mass is 16.2. The van der Waals surface area contributed by atoms with Crippen molar-refractivity contribution in [2.45, 2.75) is 26.2 Å². The molecule has 0 radical (unpaired) electrons. The summed E-state index contributed by atoms with van der Waals surface area (Å²) in [5.41, 5.74) is 0.989. The number of nitrogens with one attached hydrogen (secondary N) is 3. The number of anilines is 1. The summed E-state index contributed by atoms with van der Waals surface area (Å²) in [4.78, 5) is 24.0. The van der Waals surface area contributed by atoms with E-state index in [9.17, 15) is 9.59 Å². The van der Waals surface area contributed by atoms with Crippen molar-refractivity contribution in [3.8, 4) is 0 Å². The van der Waals surface area contributed by atoms with Crippen LogP contribution in [0.25, 0.3) is 0 Å². The molecular formula is C16H23N3O2. The van der Waals surface area contributed by atoms with E-state index in [1.54, 1.807) is 31.3 Å². The molecule has 0 aromatic heterocycles. The summed E-state index contributed by atoms with van der Waals surface area (Å²) in [6.07, 6.45) is 2.76. The molecule has 1 aromatic rings. The van der Waals surface area contributed by atoms with Crippen molar-refractivity contribution in [1.82, 2.24) is 10.6 Å². The van der Waals surface area contributed by atoms with Crippen LogP contribution in [-0.2, 0) is 4.79 Å². The van der Waals surface area contributed by atoms with Crippen LogP contribution in [0.2, 0.25) is 0 Å². The van der Waals surface area contributed by atoms with Crippen LogP contribution in [0, 0.1) is 5.41 Å². The van der Waals surface area contributed by atoms with Crippen LogP contribution in [0.1, 0.15) is 36.5 Å². The summed E-state index contributed by atoms with van der Waals surface area (Å²) in [5, 5.41) is 8.86. The first kappa shape index (κ1) is 15.5. The third-order valence-corrected chi connectivity index (χ3v) is 4.26. The average molecular weight is 289 g/mol. The molecule has 0 aliphatic carbocycles. The molecule has 2 amide bonds. The molecule has 1 atom stereocenters. The number of rotatable bonds is 4. The van der Waals surface area contributed by atoms with Crippen LogP contribution in [0.5, 0.6) is 0 Å². The molecule has 5 nitrogen and oxygen atoms in total. The Kier molecular flexibility index (Phi) is 4.96. The zero-order chi connectivity index (χ0) is 15.3. The largest absolute Gasteiger partial charge is 0.355 e. The van der Waals surface area contributed by atoms with Gasteiger partial charge in [-0.3, -0.25) is 9.59 Å². The fourth-order valence-corrected chi connectivity index (χ4v) is 2.74. The van der Waals surface area contributed by atoms with Crippen molar-refractivity contribution in [3.05, 3.63) is 29.8 Å². The number of piperidine rings is 1. The third kappa shape index (κ3) is 3.42. The van der Waals surface area contributed by atoms with Gasteiger partial charge in [0.25, 0.3) is 5.91 Å². The van der Waals surface area contributed by atoms with Crippen molar-refractivity contribution in [2.75, 3.05) is 25.5 Å². The lowest BCUT2D eigenvalue weighted by Gasteiger charge is -2.35. The molecule has 0 spiro atoms. The van der Waals surface area contributed by atoms with Gasteiger partial charge in [-0.2, -0.15) is 0 Å². The van der Waals surface area contributed by atoms with Gasteiger partial charge >= 0.3 is 0 Å². The van der Waals surface area contributed by atoms with Crippen molar-refractivity contribution in [1.29, 1.82) is 0 Å². The molecule has 0 bridgehead atoms. The average Bonchev–Trinajstić information content (AvgIpc) is 2.55. The predicted octanol–water partition coefficient (Wildman–Crippen LogP) is 1.76. The minimum absolute atomic E-state index is 0.0601. The number of hydrogen-bond acceptors (Lipinski definition) is 3. The van der Waals surface area contributed by atoms with Crippen LogP contribution in [-0.4, -0.2) is 32.0 Å². The van der Waals surface area contributed by atoms with Gasteiger partial charge in [-0.1, -0.05) is 6.92 Å². The first-order valence-corrected chi connectivity index (χ1v) is 7.45. The Morgan fingerprint density at radius 3 is 2.52 bits per heavy atom. The second-order valence-corrected chi connectivity index (χ2v) is 5.52. The van der Waals surface area contributed by atoms with Crippen LogP contribution in [0.15, 0.2) is 24.3 Å². The van der Waals surface area contributed by atoms with Gasteiger partial charge in [-0.15, -0.1) is 0 Å². The van der Waals surface area contributed by atoms with Crippen LogP contribution >= 0.6 is 0 Å². The Balaban J connectivity index is 2.06. The van der Waals surface area contributed by atoms with E-state index >= 15 is 0 Å². The number of benzene rings is 1. The van der Waals surface area contributed by atoms with E-state index in [1.165, 1.54) is 0 Å². The highest BCUT2D eigenvalue weighted by Gasteiger charge is 2.37. The van der Waals surface area contributed by atoms with Gasteiger partial charge in [0, 0.05) is 24.8 Å². The molecule has 0 saturated carbocycles. The Hall–Kier alpha value is -1.88. The quantitative estimate of drug-likeness (QED) is 0.791. The molecule has 114 valence electrons. The Labute approximate surface area is 125 Å². The van der Waals surface area contributed by atoms with Crippen molar-refractivity contribution < 1.29 is 9.59 Å². The second-order valence-electron chi connectivity index (χ2n) is 5.52. The monoisotopic (exact) mass is 289 g/mol. The van der Waals surface area contributed by atoms with E-state index in [-0.39, 0.29) is 17.2 Å². The van der Waals surface area contributed by atoms with E-state index < -0.39 is 0 Å². The SMILES string of the molecule is CCC1(C(=O)Nc2ccc(C(=O)NC)cc2)CCCNC1. The van der Waals surface area contributed by atoms with Crippen LogP contribution in [0.3, 0.4) is 0 Å². The van der Waals surface area contributed by atoms with Gasteiger partial charge in [0.1, 0.15) is 0 Å². The van der Waals surface area contributed by atoms with Gasteiger partial charge in [0.2, 0.25) is 5.91 Å². The molecule has 2 rings (SSSR count). The number of carbonyl (C=O) groups excluding carboxylic acids is 2. The maximum atomic E-state index is 12.6. The molecule has 1 aliphatic rings. The topological polar surface area (TPSA) is 70.2 Å². The van der Waals surface area contributed by atoms with Gasteiger partial charge in [0.05, 0.1) is 5.41 Å². The summed E-state index contributed by atoms with van der Waals surface area (Å²) in [6.45, 7) is 3.77. The summed E-state index contributed by atoms with van der Waals surface area (Å²) in [6, 6.07) is 6.96. The number of carbonyl (C=O) groups is 2. The standard InChI is InChI=1S/C16H23N3O2/c1-3-16(9-4-10-18-11-16)15(21)19-13-7-5-12(6-8-13)14(20)17-2/h5-8,18H,3-4,9-11H2,1-2H3,(H,17,20)(H,19,21). The smallest absolute Gasteiger partial charge is 0.251 e. The van der Waals surface area contributed by atoms with Crippen LogP contribution < -0.4 is 16.0 Å². The van der Waals surface area contributed by atoms with Gasteiger partial charge in [-0.25, -0.2) is 0 Å². The molecule has 5 heteroatoms. The fraction of sp³-hybridized carbons (Fsp3) is 0.500. The predicted molar refractivity (Wildman–Crippen MR) is 83.3 cm³/mol. The lowest BCUT2D eigenvalue weighted by atomic mass is 9.77. The highest BCUT2D eigenvalue weighted by Crippen LogP contribution is 2.31. The Morgan fingerprint density at radius 1 is 1.29 bits per heavy atom. The molecule has 1 heterocycles. The maximum Gasteiger partial charge on any atom is 0.251 e. The molecule has 21 heavy (non-hydrogen) atoms. The first-order chi connectivity index (χ1) is 10.1. The number of amides is 2. The Morgan fingerprint density at radius 2 is 2.00 bits per heavy atom. The normalized spacial score (nSPS) is 21.6. The lowest BCUT2D eigenvalue weighted by Crippen LogP contribution is -2.47. The van der Waals surface area contributed by atoms with Crippen molar-refractivity contribution in [3.63, 3.8) is 0 Å². The Bertz CT molecular complexity index is 505. The highest BCUT2D eigenvalue weighted by molar-refractivity contribution is 5.97. The van der Waals surface area contributed by atoms with E-state index in [4.69, 9.17) is 0 Å². The van der Waals surface area contributed by atoms with E-state index in [2.05, 4.69) is 22.9 Å². The maximum absolute atomic E-state index is 12.6. The summed E-state index contributed by atoms with van der Waals surface area (Å²) in [5.74, 6) is -0.0701. The van der Waals surface area contributed by atoms with Gasteiger partial charge < -0.3 is 16.0 Å².